The minimum absolute atomic E-state index is 0.0415. The van der Waals surface area contributed by atoms with E-state index in [-0.39, 0.29) is 17.9 Å². The average molecular weight is 431 g/mol. The highest BCUT2D eigenvalue weighted by Crippen LogP contribution is 2.32. The Bertz CT molecular complexity index is 1450. The number of anilines is 2. The van der Waals surface area contributed by atoms with Gasteiger partial charge in [-0.3, -0.25) is 18.7 Å². The Labute approximate surface area is 182 Å². The predicted octanol–water partition coefficient (Wildman–Crippen LogP) is 1.85. The number of imidazole rings is 1. The van der Waals surface area contributed by atoms with E-state index < -0.39 is 5.69 Å². The number of rotatable bonds is 5. The van der Waals surface area contributed by atoms with Gasteiger partial charge in [0, 0.05) is 38.4 Å². The summed E-state index contributed by atoms with van der Waals surface area (Å²) < 4.78 is 9.98. The van der Waals surface area contributed by atoms with E-state index in [1.165, 1.54) is 11.6 Å². The molecule has 0 atom stereocenters. The van der Waals surface area contributed by atoms with E-state index in [1.807, 2.05) is 39.8 Å². The molecule has 0 spiro atoms. The summed E-state index contributed by atoms with van der Waals surface area (Å²) >= 11 is 0. The molecule has 32 heavy (non-hydrogen) atoms. The fraction of sp³-hybridized carbons (Fsp3) is 0.217. The van der Waals surface area contributed by atoms with Gasteiger partial charge >= 0.3 is 5.69 Å². The molecule has 0 bridgehead atoms. The van der Waals surface area contributed by atoms with Gasteiger partial charge in [-0.1, -0.05) is 30.3 Å². The Hall–Kier alpha value is -4.14. The molecule has 5 rings (SSSR count). The summed E-state index contributed by atoms with van der Waals surface area (Å²) in [4.78, 5) is 43.7. The number of fused-ring (bicyclic) bond motifs is 3. The van der Waals surface area contributed by atoms with Crippen molar-refractivity contribution in [3.05, 3.63) is 81.0 Å². The van der Waals surface area contributed by atoms with Crippen LogP contribution in [-0.2, 0) is 20.6 Å². The number of aromatic nitrogens is 4. The van der Waals surface area contributed by atoms with E-state index in [9.17, 15) is 14.4 Å². The van der Waals surface area contributed by atoms with Gasteiger partial charge in [0.15, 0.2) is 23.6 Å². The van der Waals surface area contributed by atoms with Crippen molar-refractivity contribution in [2.24, 2.45) is 14.1 Å². The normalized spacial score (nSPS) is 12.9. The highest BCUT2D eigenvalue weighted by molar-refractivity contribution is 5.97. The van der Waals surface area contributed by atoms with Crippen LogP contribution in [0.3, 0.4) is 0 Å². The van der Waals surface area contributed by atoms with E-state index in [0.717, 1.165) is 10.3 Å². The smallest absolute Gasteiger partial charge is 0.332 e. The molecule has 0 fully saturated rings. The van der Waals surface area contributed by atoms with Crippen LogP contribution in [0.5, 0.6) is 5.75 Å². The molecule has 0 radical (unpaired) electrons. The molecule has 0 unspecified atom stereocenters. The Balaban J connectivity index is 1.39. The lowest BCUT2D eigenvalue weighted by Gasteiger charge is -2.16. The molecule has 2 aromatic carbocycles. The van der Waals surface area contributed by atoms with Crippen LogP contribution in [0, 0.1) is 0 Å². The summed E-state index contributed by atoms with van der Waals surface area (Å²) in [5, 5.41) is 0. The molecular formula is C23H21N5O4. The van der Waals surface area contributed by atoms with Gasteiger partial charge in [-0.15, -0.1) is 0 Å². The lowest BCUT2D eigenvalue weighted by molar-refractivity contribution is 0.0921. The predicted molar refractivity (Wildman–Crippen MR) is 120 cm³/mol. The molecular weight excluding hydrogens is 410 g/mol. The summed E-state index contributed by atoms with van der Waals surface area (Å²) in [5.41, 5.74) is 1.53. The number of aryl methyl sites for hydroxylation is 1. The zero-order chi connectivity index (χ0) is 22.4. The number of ether oxygens (including phenoxy) is 1. The molecule has 0 N–H and O–H groups in total. The maximum atomic E-state index is 12.7. The number of ketones is 1. The Morgan fingerprint density at radius 1 is 0.969 bits per heavy atom. The minimum atomic E-state index is -0.405. The van der Waals surface area contributed by atoms with Crippen LogP contribution >= 0.6 is 0 Å². The number of hydrogen-bond donors (Lipinski definition) is 0. The van der Waals surface area contributed by atoms with Gasteiger partial charge in [0.1, 0.15) is 5.75 Å². The maximum Gasteiger partial charge on any atom is 0.332 e. The van der Waals surface area contributed by atoms with Crippen LogP contribution in [0.2, 0.25) is 0 Å². The first-order valence-electron chi connectivity index (χ1n) is 10.2. The molecule has 9 heteroatoms. The van der Waals surface area contributed by atoms with Crippen LogP contribution in [0.25, 0.3) is 11.2 Å². The van der Waals surface area contributed by atoms with Gasteiger partial charge in [-0.25, -0.2) is 4.79 Å². The third-order valence-electron chi connectivity index (χ3n) is 5.73. The molecule has 1 aliphatic rings. The Morgan fingerprint density at radius 3 is 2.41 bits per heavy atom. The molecule has 1 aliphatic heterocycles. The molecule has 162 valence electrons. The van der Waals surface area contributed by atoms with Crippen molar-refractivity contribution in [3.63, 3.8) is 0 Å². The van der Waals surface area contributed by atoms with Crippen LogP contribution < -0.4 is 20.9 Å². The number of carbonyl (C=O) groups is 1. The number of carbonyl (C=O) groups excluding carboxylic acids is 1. The maximum absolute atomic E-state index is 12.7. The molecule has 0 saturated carbocycles. The second kappa shape index (κ2) is 7.52. The summed E-state index contributed by atoms with van der Waals surface area (Å²) in [6.45, 7) is 1.19. The van der Waals surface area contributed by atoms with Crippen molar-refractivity contribution in [3.8, 4) is 5.75 Å². The Kier molecular flexibility index (Phi) is 4.66. The van der Waals surface area contributed by atoms with E-state index >= 15 is 0 Å². The molecule has 9 nitrogen and oxygen atoms in total. The molecule has 0 saturated heterocycles. The van der Waals surface area contributed by atoms with Gasteiger partial charge in [0.25, 0.3) is 5.56 Å². The first-order valence-corrected chi connectivity index (χ1v) is 10.2. The topological polar surface area (TPSA) is 91.4 Å². The number of nitrogens with zero attached hydrogens (tertiary/aromatic N) is 5. The first kappa shape index (κ1) is 19.8. The SMILES string of the molecule is Cn1c(=O)c2c(nc3n2CCN3c2ccc(OCC(=O)c3ccccc3)cc2)n(C)c1=O. The third kappa shape index (κ3) is 3.09. The summed E-state index contributed by atoms with van der Waals surface area (Å²) in [6.07, 6.45) is 0. The van der Waals surface area contributed by atoms with Crippen LogP contribution in [0.1, 0.15) is 10.4 Å². The van der Waals surface area contributed by atoms with Gasteiger partial charge in [-0.2, -0.15) is 4.98 Å². The molecule has 3 heterocycles. The number of benzene rings is 2. The van der Waals surface area contributed by atoms with Gasteiger partial charge in [-0.05, 0) is 24.3 Å². The van der Waals surface area contributed by atoms with Crippen molar-refractivity contribution in [1.82, 2.24) is 18.7 Å². The highest BCUT2D eigenvalue weighted by atomic mass is 16.5. The largest absolute Gasteiger partial charge is 0.485 e. The highest BCUT2D eigenvalue weighted by Gasteiger charge is 2.28. The van der Waals surface area contributed by atoms with Gasteiger partial charge < -0.3 is 14.2 Å². The van der Waals surface area contributed by atoms with Crippen molar-refractivity contribution in [1.29, 1.82) is 0 Å². The lowest BCUT2D eigenvalue weighted by atomic mass is 10.1. The molecule has 0 aliphatic carbocycles. The lowest BCUT2D eigenvalue weighted by Crippen LogP contribution is -2.37. The van der Waals surface area contributed by atoms with Crippen molar-refractivity contribution in [2.45, 2.75) is 6.54 Å². The van der Waals surface area contributed by atoms with Crippen LogP contribution in [0.4, 0.5) is 11.6 Å². The average Bonchev–Trinajstić information content (AvgIpc) is 3.40. The van der Waals surface area contributed by atoms with E-state index in [0.29, 0.717) is 41.5 Å². The fourth-order valence-electron chi connectivity index (χ4n) is 3.98. The zero-order valence-corrected chi connectivity index (χ0v) is 17.7. The number of hydrogen-bond acceptors (Lipinski definition) is 6. The Morgan fingerprint density at radius 2 is 1.69 bits per heavy atom. The fourth-order valence-corrected chi connectivity index (χ4v) is 3.98. The monoisotopic (exact) mass is 431 g/mol. The van der Waals surface area contributed by atoms with Gasteiger partial charge in [0.05, 0.1) is 0 Å². The van der Waals surface area contributed by atoms with Crippen molar-refractivity contribution >= 4 is 28.6 Å². The second-order valence-electron chi connectivity index (χ2n) is 7.66. The van der Waals surface area contributed by atoms with Crippen LogP contribution in [-0.4, -0.2) is 37.6 Å². The van der Waals surface area contributed by atoms with E-state index in [4.69, 9.17) is 4.74 Å². The van der Waals surface area contributed by atoms with Gasteiger partial charge in [0.2, 0.25) is 5.95 Å². The summed E-state index contributed by atoms with van der Waals surface area (Å²) in [5.74, 6) is 1.11. The van der Waals surface area contributed by atoms with Crippen LogP contribution in [0.15, 0.2) is 64.2 Å². The number of Topliss-reactive ketones (excluding diaryl/α,β-unsaturated/α-hetero) is 1. The summed E-state index contributed by atoms with van der Waals surface area (Å²) in [7, 11) is 3.08. The second-order valence-corrected chi connectivity index (χ2v) is 7.66. The minimum Gasteiger partial charge on any atom is -0.485 e. The zero-order valence-electron chi connectivity index (χ0n) is 17.7. The van der Waals surface area contributed by atoms with Crippen molar-refractivity contribution in [2.75, 3.05) is 18.1 Å². The van der Waals surface area contributed by atoms with E-state index in [2.05, 4.69) is 4.98 Å². The van der Waals surface area contributed by atoms with E-state index in [1.54, 1.807) is 31.3 Å². The molecule has 0 amide bonds. The first-order chi connectivity index (χ1) is 15.5. The standard InChI is InChI=1S/C23H21N5O4/c1-25-20-19(21(30)26(2)23(25)31)28-13-12-27(22(28)24-20)16-8-10-17(11-9-16)32-14-18(29)15-6-4-3-5-7-15/h3-11H,12-14H2,1-2H3. The summed E-state index contributed by atoms with van der Waals surface area (Å²) in [6, 6.07) is 16.4. The quantitative estimate of drug-likeness (QED) is 0.448. The molecule has 2 aromatic heterocycles. The molecule has 4 aromatic rings. The van der Waals surface area contributed by atoms with Crippen molar-refractivity contribution < 1.29 is 9.53 Å². The third-order valence-corrected chi connectivity index (χ3v) is 5.73.